The van der Waals surface area contributed by atoms with E-state index < -0.39 is 22.7 Å². The Morgan fingerprint density at radius 1 is 1.06 bits per heavy atom. The molecule has 0 N–H and O–H groups in total. The van der Waals surface area contributed by atoms with Gasteiger partial charge in [0, 0.05) is 6.42 Å². The van der Waals surface area contributed by atoms with E-state index in [1.807, 2.05) is 0 Å². The first-order chi connectivity index (χ1) is 7.34. The molecule has 0 spiro atoms. The fourth-order valence-electron chi connectivity index (χ4n) is 0.791. The molecule has 3 atom stereocenters. The minimum Gasteiger partial charge on any atom is -0.464 e. The Morgan fingerprint density at radius 2 is 1.56 bits per heavy atom. The van der Waals surface area contributed by atoms with Crippen LogP contribution < -0.4 is 0 Å². The quantitative estimate of drug-likeness (QED) is 0.548. The zero-order chi connectivity index (χ0) is 12.7. The van der Waals surface area contributed by atoms with Crippen LogP contribution in [0.3, 0.4) is 0 Å². The van der Waals surface area contributed by atoms with Crippen molar-refractivity contribution in [1.29, 1.82) is 0 Å². The molecule has 0 bridgehead atoms. The Balaban J connectivity index is 3.70. The highest BCUT2D eigenvalue weighted by atomic mass is 35.5. The molecule has 0 unspecified atom stereocenters. The summed E-state index contributed by atoms with van der Waals surface area (Å²) in [6.45, 7) is 4.93. The lowest BCUT2D eigenvalue weighted by Crippen LogP contribution is -2.23. The number of hydrogen-bond donors (Lipinski definition) is 0. The topological polar surface area (TPSA) is 52.6 Å². The second kappa shape index (κ2) is 7.74. The highest BCUT2D eigenvalue weighted by Gasteiger charge is 2.16. The van der Waals surface area contributed by atoms with Crippen molar-refractivity contribution in [2.45, 2.75) is 44.1 Å². The molecule has 0 aromatic rings. The van der Waals surface area contributed by atoms with Crippen molar-refractivity contribution >= 4 is 35.1 Å². The van der Waals surface area contributed by atoms with Crippen LogP contribution in [0.4, 0.5) is 0 Å². The van der Waals surface area contributed by atoms with Crippen molar-refractivity contribution in [3.05, 3.63) is 0 Å². The molecule has 6 heteroatoms. The van der Waals surface area contributed by atoms with Gasteiger partial charge in [-0.2, -0.15) is 0 Å². The number of esters is 2. The van der Waals surface area contributed by atoms with E-state index >= 15 is 0 Å². The van der Waals surface area contributed by atoms with Gasteiger partial charge in [0.1, 0.15) is 16.9 Å². The van der Waals surface area contributed by atoms with Crippen LogP contribution >= 0.6 is 23.2 Å². The van der Waals surface area contributed by atoms with Crippen LogP contribution in [0.15, 0.2) is 0 Å². The molecule has 0 saturated carbocycles. The Bertz CT molecular complexity index is 241. The minimum atomic E-state index is -0.673. The number of rotatable bonds is 6. The average Bonchev–Trinajstić information content (AvgIpc) is 2.16. The molecule has 0 aliphatic heterocycles. The van der Waals surface area contributed by atoms with E-state index in [-0.39, 0.29) is 12.7 Å². The molecule has 0 amide bonds. The number of halogens is 2. The summed E-state index contributed by atoms with van der Waals surface area (Å²) >= 11 is 11.0. The molecule has 94 valence electrons. The van der Waals surface area contributed by atoms with Crippen molar-refractivity contribution in [2.24, 2.45) is 0 Å². The summed E-state index contributed by atoms with van der Waals surface area (Å²) in [6, 6.07) is 0. The van der Waals surface area contributed by atoms with Crippen molar-refractivity contribution in [1.82, 2.24) is 0 Å². The van der Waals surface area contributed by atoms with Crippen molar-refractivity contribution < 1.29 is 19.1 Å². The molecule has 0 saturated heterocycles. The first kappa shape index (κ1) is 15.5. The molecule has 0 radical (unpaired) electrons. The van der Waals surface area contributed by atoms with E-state index in [0.717, 1.165) is 0 Å². The molecule has 16 heavy (non-hydrogen) atoms. The van der Waals surface area contributed by atoms with Gasteiger partial charge in [-0.15, -0.1) is 23.2 Å². The predicted molar refractivity (Wildman–Crippen MR) is 61.8 cm³/mol. The highest BCUT2D eigenvalue weighted by Crippen LogP contribution is 2.05. The summed E-state index contributed by atoms with van der Waals surface area (Å²) in [5.41, 5.74) is 0. The lowest BCUT2D eigenvalue weighted by Gasteiger charge is -2.14. The van der Waals surface area contributed by atoms with Gasteiger partial charge in [-0.1, -0.05) is 0 Å². The molecule has 0 aliphatic carbocycles. The van der Waals surface area contributed by atoms with Crippen LogP contribution in [-0.2, 0) is 19.1 Å². The van der Waals surface area contributed by atoms with Crippen LogP contribution in [0, 0.1) is 0 Å². The van der Waals surface area contributed by atoms with E-state index in [1.165, 1.54) is 13.8 Å². The summed E-state index contributed by atoms with van der Waals surface area (Å²) < 4.78 is 9.78. The van der Waals surface area contributed by atoms with E-state index in [0.29, 0.717) is 6.42 Å². The van der Waals surface area contributed by atoms with Crippen molar-refractivity contribution in [3.8, 4) is 0 Å². The summed E-state index contributed by atoms with van der Waals surface area (Å²) in [5, 5.41) is -1.34. The Hall–Kier alpha value is -0.480. The molecule has 0 aromatic carbocycles. The zero-order valence-corrected chi connectivity index (χ0v) is 11.0. The number of carbonyl (C=O) groups excluding carboxylic acids is 2. The molecule has 0 aromatic heterocycles. The standard InChI is InChI=1S/C10H16Cl2O4/c1-6(16-10(14)8(3)12)4-5-15-9(13)7(2)11/h6-8H,4-5H2,1-3H3/t6-,7+,8+/m0/s1. The van der Waals surface area contributed by atoms with E-state index in [1.54, 1.807) is 6.92 Å². The maximum Gasteiger partial charge on any atom is 0.324 e. The molecular weight excluding hydrogens is 255 g/mol. The summed E-state index contributed by atoms with van der Waals surface area (Å²) in [7, 11) is 0. The summed E-state index contributed by atoms with van der Waals surface area (Å²) in [6.07, 6.45) is 0.0807. The van der Waals surface area contributed by atoms with Crippen LogP contribution in [0.25, 0.3) is 0 Å². The number of carbonyl (C=O) groups is 2. The van der Waals surface area contributed by atoms with Gasteiger partial charge in [-0.25, -0.2) is 0 Å². The van der Waals surface area contributed by atoms with E-state index in [9.17, 15) is 9.59 Å². The Kier molecular flexibility index (Phi) is 7.51. The third kappa shape index (κ3) is 6.90. The first-order valence-electron chi connectivity index (χ1n) is 4.99. The second-order valence-corrected chi connectivity index (χ2v) is 4.74. The van der Waals surface area contributed by atoms with Gasteiger partial charge >= 0.3 is 11.9 Å². The summed E-state index contributed by atoms with van der Waals surface area (Å²) in [5.74, 6) is -0.961. The smallest absolute Gasteiger partial charge is 0.324 e. The van der Waals surface area contributed by atoms with Crippen LogP contribution in [-0.4, -0.2) is 35.4 Å². The highest BCUT2D eigenvalue weighted by molar-refractivity contribution is 6.29. The SMILES string of the molecule is C[C@@H](CCOC(=O)[C@@H](C)Cl)OC(=O)[C@@H](C)Cl. The fraction of sp³-hybridized carbons (Fsp3) is 0.800. The number of alkyl halides is 2. The molecule has 0 aliphatic rings. The Labute approximate surface area is 105 Å². The molecular formula is C10H16Cl2O4. The van der Waals surface area contributed by atoms with Crippen LogP contribution in [0.2, 0.25) is 0 Å². The fourth-order valence-corrected chi connectivity index (χ4v) is 0.906. The van der Waals surface area contributed by atoms with Gasteiger partial charge in [0.15, 0.2) is 0 Å². The maximum atomic E-state index is 11.1. The largest absolute Gasteiger partial charge is 0.464 e. The van der Waals surface area contributed by atoms with Gasteiger partial charge in [-0.3, -0.25) is 9.59 Å². The zero-order valence-electron chi connectivity index (χ0n) is 9.54. The van der Waals surface area contributed by atoms with E-state index in [2.05, 4.69) is 0 Å². The molecule has 0 rings (SSSR count). The van der Waals surface area contributed by atoms with Crippen LogP contribution in [0.1, 0.15) is 27.2 Å². The van der Waals surface area contributed by atoms with Crippen LogP contribution in [0.5, 0.6) is 0 Å². The van der Waals surface area contributed by atoms with Gasteiger partial charge in [0.2, 0.25) is 0 Å². The monoisotopic (exact) mass is 270 g/mol. The third-order valence-corrected chi connectivity index (χ3v) is 2.09. The van der Waals surface area contributed by atoms with Gasteiger partial charge < -0.3 is 9.47 Å². The predicted octanol–water partition coefficient (Wildman–Crippen LogP) is 2.11. The third-order valence-electron chi connectivity index (χ3n) is 1.74. The number of ether oxygens (including phenoxy) is 2. The second-order valence-electron chi connectivity index (χ2n) is 3.44. The lowest BCUT2D eigenvalue weighted by molar-refractivity contribution is -0.149. The normalized spacial score (nSPS) is 16.1. The van der Waals surface area contributed by atoms with Gasteiger partial charge in [-0.05, 0) is 20.8 Å². The van der Waals surface area contributed by atoms with Gasteiger partial charge in [0.25, 0.3) is 0 Å². The first-order valence-corrected chi connectivity index (χ1v) is 5.87. The lowest BCUT2D eigenvalue weighted by atomic mass is 10.3. The molecule has 4 nitrogen and oxygen atoms in total. The molecule has 0 heterocycles. The van der Waals surface area contributed by atoms with Crippen molar-refractivity contribution in [3.63, 3.8) is 0 Å². The minimum absolute atomic E-state index is 0.168. The van der Waals surface area contributed by atoms with E-state index in [4.69, 9.17) is 32.7 Å². The maximum absolute atomic E-state index is 11.1. The Morgan fingerprint density at radius 3 is 2.00 bits per heavy atom. The molecule has 0 fully saturated rings. The van der Waals surface area contributed by atoms with Crippen molar-refractivity contribution in [2.75, 3.05) is 6.61 Å². The average molecular weight is 271 g/mol. The van der Waals surface area contributed by atoms with Gasteiger partial charge in [0.05, 0.1) is 6.61 Å². The number of hydrogen-bond acceptors (Lipinski definition) is 4. The summed E-state index contributed by atoms with van der Waals surface area (Å²) in [4.78, 5) is 22.0.